The highest BCUT2D eigenvalue weighted by atomic mass is 35.5. The van der Waals surface area contributed by atoms with Gasteiger partial charge in [-0.3, -0.25) is 9.59 Å². The molecule has 1 unspecified atom stereocenters. The second-order valence-electron chi connectivity index (χ2n) is 8.83. The van der Waals surface area contributed by atoms with E-state index in [0.29, 0.717) is 17.4 Å². The van der Waals surface area contributed by atoms with Crippen LogP contribution in [0, 0.1) is 12.7 Å². The molecule has 1 aromatic heterocycles. The molecule has 1 atom stereocenters. The van der Waals surface area contributed by atoms with E-state index in [0.717, 1.165) is 24.2 Å². The molecule has 1 saturated heterocycles. The minimum atomic E-state index is -0.379. The highest BCUT2D eigenvalue weighted by Gasteiger charge is 2.28. The van der Waals surface area contributed by atoms with E-state index < -0.39 is 0 Å². The first kappa shape index (κ1) is 26.2. The Morgan fingerprint density at radius 3 is 2.44 bits per heavy atom. The number of furan rings is 1. The van der Waals surface area contributed by atoms with Crippen molar-refractivity contribution >= 4 is 35.0 Å². The van der Waals surface area contributed by atoms with Crippen LogP contribution in [0.3, 0.4) is 0 Å². The van der Waals surface area contributed by atoms with Crippen LogP contribution < -0.4 is 0 Å². The molecule has 0 N–H and O–H groups in total. The summed E-state index contributed by atoms with van der Waals surface area (Å²) in [5.74, 6) is 0.319. The van der Waals surface area contributed by atoms with E-state index in [1.165, 1.54) is 23.1 Å². The van der Waals surface area contributed by atoms with Crippen molar-refractivity contribution in [1.82, 2.24) is 9.80 Å². The third-order valence-electron chi connectivity index (χ3n) is 6.00. The van der Waals surface area contributed by atoms with Crippen LogP contribution in [-0.2, 0) is 22.6 Å². The number of carbonyl (C=O) groups is 2. The fourth-order valence-electron chi connectivity index (χ4n) is 4.15. The van der Waals surface area contributed by atoms with Gasteiger partial charge in [-0.05, 0) is 67.8 Å². The molecule has 2 amide bonds. The molecule has 36 heavy (non-hydrogen) atoms. The highest BCUT2D eigenvalue weighted by molar-refractivity contribution is 6.36. The van der Waals surface area contributed by atoms with Gasteiger partial charge in [0.15, 0.2) is 0 Å². The van der Waals surface area contributed by atoms with Gasteiger partial charge in [-0.15, -0.1) is 0 Å². The van der Waals surface area contributed by atoms with Gasteiger partial charge in [0.25, 0.3) is 5.91 Å². The van der Waals surface area contributed by atoms with Crippen LogP contribution in [0.25, 0.3) is 0 Å². The summed E-state index contributed by atoms with van der Waals surface area (Å²) in [6.07, 6.45) is 1.54. The summed E-state index contributed by atoms with van der Waals surface area (Å²) in [4.78, 5) is 30.2. The molecule has 0 bridgehead atoms. The van der Waals surface area contributed by atoms with Gasteiger partial charge in [0.2, 0.25) is 5.91 Å². The average Bonchev–Trinajstić information content (AvgIpc) is 3.50. The fourth-order valence-corrected chi connectivity index (χ4v) is 4.64. The van der Waals surface area contributed by atoms with Crippen molar-refractivity contribution in [2.75, 3.05) is 19.7 Å². The summed E-state index contributed by atoms with van der Waals surface area (Å²) in [6.45, 7) is 2.95. The zero-order chi connectivity index (χ0) is 25.7. The van der Waals surface area contributed by atoms with Crippen LogP contribution in [-0.4, -0.2) is 47.4 Å². The zero-order valence-corrected chi connectivity index (χ0v) is 21.4. The maximum atomic E-state index is 13.6. The number of amides is 2. The van der Waals surface area contributed by atoms with Gasteiger partial charge >= 0.3 is 0 Å². The van der Waals surface area contributed by atoms with Crippen molar-refractivity contribution < 1.29 is 23.1 Å². The minimum absolute atomic E-state index is 0.161. The molecule has 9 heteroatoms. The lowest BCUT2D eigenvalue weighted by atomic mass is 10.1. The molecule has 0 saturated carbocycles. The van der Waals surface area contributed by atoms with Crippen molar-refractivity contribution in [3.63, 3.8) is 0 Å². The maximum absolute atomic E-state index is 13.6. The van der Waals surface area contributed by atoms with Crippen LogP contribution in [0.1, 0.15) is 40.3 Å². The van der Waals surface area contributed by atoms with Crippen LogP contribution in [0.15, 0.2) is 59.0 Å². The Balaban J connectivity index is 1.57. The summed E-state index contributed by atoms with van der Waals surface area (Å²) in [5.41, 5.74) is 1.02. The molecule has 0 spiro atoms. The lowest BCUT2D eigenvalue weighted by Crippen LogP contribution is -2.45. The molecular formula is C27H27Cl2FN2O4. The third-order valence-corrected chi connectivity index (χ3v) is 6.55. The second kappa shape index (κ2) is 11.9. The zero-order valence-electron chi connectivity index (χ0n) is 19.9. The van der Waals surface area contributed by atoms with Gasteiger partial charge in [0, 0.05) is 24.7 Å². The van der Waals surface area contributed by atoms with Crippen LogP contribution in [0.4, 0.5) is 4.39 Å². The number of halogens is 3. The van der Waals surface area contributed by atoms with Gasteiger partial charge in [0.05, 0.1) is 23.2 Å². The number of carbonyl (C=O) groups excluding carboxylic acids is 2. The molecule has 2 heterocycles. The fraction of sp³-hybridized carbons (Fsp3) is 0.333. The first-order valence-corrected chi connectivity index (χ1v) is 12.5. The van der Waals surface area contributed by atoms with Crippen molar-refractivity contribution in [3.8, 4) is 0 Å². The highest BCUT2D eigenvalue weighted by Crippen LogP contribution is 2.24. The summed E-state index contributed by atoms with van der Waals surface area (Å²) in [5, 5.41) is 0.629. The summed E-state index contributed by atoms with van der Waals surface area (Å²) >= 11 is 12.3. The molecule has 190 valence electrons. The number of ether oxygens (including phenoxy) is 1. The molecule has 3 aromatic rings. The number of nitrogens with zero attached hydrogens (tertiary/aromatic N) is 2. The predicted molar refractivity (Wildman–Crippen MR) is 135 cm³/mol. The Bertz CT molecular complexity index is 1210. The molecule has 0 aliphatic carbocycles. The van der Waals surface area contributed by atoms with E-state index in [9.17, 15) is 14.0 Å². The lowest BCUT2D eigenvalue weighted by Gasteiger charge is -2.29. The second-order valence-corrected chi connectivity index (χ2v) is 9.68. The lowest BCUT2D eigenvalue weighted by molar-refractivity contribution is -0.133. The molecule has 2 aromatic carbocycles. The van der Waals surface area contributed by atoms with Crippen LogP contribution in [0.2, 0.25) is 10.0 Å². The van der Waals surface area contributed by atoms with E-state index in [2.05, 4.69) is 0 Å². The summed E-state index contributed by atoms with van der Waals surface area (Å²) in [6, 6.07) is 14.2. The molecular weight excluding hydrogens is 506 g/mol. The Morgan fingerprint density at radius 1 is 1.03 bits per heavy atom. The quantitative estimate of drug-likeness (QED) is 0.345. The minimum Gasteiger partial charge on any atom is -0.464 e. The first-order valence-electron chi connectivity index (χ1n) is 11.7. The molecule has 1 aliphatic heterocycles. The summed E-state index contributed by atoms with van der Waals surface area (Å²) in [7, 11) is 0. The Morgan fingerprint density at radius 2 is 1.81 bits per heavy atom. The standard InChI is InChI=1S/C27H27Cl2FN2O4/c1-18-4-10-23(36-18)16-31(14-19-5-8-21(30)9-6-19)26(33)17-32(15-22-3-2-12-35-22)27(34)24-11-7-20(28)13-25(24)29/h4-11,13,22H,2-3,12,14-17H2,1H3. The van der Waals surface area contributed by atoms with Crippen molar-refractivity contribution in [2.45, 2.75) is 39.0 Å². The van der Waals surface area contributed by atoms with Crippen molar-refractivity contribution in [2.24, 2.45) is 0 Å². The number of rotatable bonds is 9. The normalized spacial score (nSPS) is 15.2. The molecule has 1 fully saturated rings. The predicted octanol–water partition coefficient (Wildman–Crippen LogP) is 5.88. The Hall–Kier alpha value is -2.87. The maximum Gasteiger partial charge on any atom is 0.255 e. The number of hydrogen-bond donors (Lipinski definition) is 0. The first-order chi connectivity index (χ1) is 17.3. The topological polar surface area (TPSA) is 63.0 Å². The number of aryl methyl sites for hydroxylation is 1. The van der Waals surface area contributed by atoms with Crippen molar-refractivity contribution in [1.29, 1.82) is 0 Å². The number of benzene rings is 2. The molecule has 1 aliphatic rings. The average molecular weight is 533 g/mol. The van der Waals surface area contributed by atoms with Crippen molar-refractivity contribution in [3.05, 3.63) is 93.1 Å². The van der Waals surface area contributed by atoms with E-state index in [4.69, 9.17) is 32.4 Å². The van der Waals surface area contributed by atoms with Gasteiger partial charge in [-0.2, -0.15) is 0 Å². The molecule has 0 radical (unpaired) electrons. The SMILES string of the molecule is Cc1ccc(CN(Cc2ccc(F)cc2)C(=O)CN(CC2CCCO2)C(=O)c2ccc(Cl)cc2Cl)o1. The largest absolute Gasteiger partial charge is 0.464 e. The Kier molecular flexibility index (Phi) is 8.67. The third kappa shape index (κ3) is 6.87. The van der Waals surface area contributed by atoms with Gasteiger partial charge in [-0.1, -0.05) is 35.3 Å². The van der Waals surface area contributed by atoms with E-state index in [1.807, 2.05) is 19.1 Å². The smallest absolute Gasteiger partial charge is 0.255 e. The molecule has 4 rings (SSSR count). The van der Waals surface area contributed by atoms with Gasteiger partial charge < -0.3 is 19.0 Å². The number of hydrogen-bond acceptors (Lipinski definition) is 4. The van der Waals surface area contributed by atoms with Gasteiger partial charge in [-0.25, -0.2) is 4.39 Å². The van der Waals surface area contributed by atoms with Crippen LogP contribution >= 0.6 is 23.2 Å². The van der Waals surface area contributed by atoms with Crippen LogP contribution in [0.5, 0.6) is 0 Å². The van der Waals surface area contributed by atoms with E-state index in [1.54, 1.807) is 29.2 Å². The molecule has 6 nitrogen and oxygen atoms in total. The monoisotopic (exact) mass is 532 g/mol. The van der Waals surface area contributed by atoms with Gasteiger partial charge in [0.1, 0.15) is 23.9 Å². The summed E-state index contributed by atoms with van der Waals surface area (Å²) < 4.78 is 24.9. The Labute approximate surface area is 219 Å². The van der Waals surface area contributed by atoms with E-state index in [-0.39, 0.29) is 60.5 Å². The van der Waals surface area contributed by atoms with E-state index >= 15 is 0 Å².